The average Bonchev–Trinajstić information content (AvgIpc) is 4.08. The van der Waals surface area contributed by atoms with Gasteiger partial charge in [-0.05, 0) is 66.5 Å². The van der Waals surface area contributed by atoms with E-state index in [1.807, 2.05) is 73.7 Å². The lowest BCUT2D eigenvalue weighted by atomic mass is 9.94. The predicted octanol–water partition coefficient (Wildman–Crippen LogP) is 1.61. The number of fused-ring (bicyclic) bond motifs is 4. The Morgan fingerprint density at radius 3 is 2.28 bits per heavy atom. The lowest BCUT2D eigenvalue weighted by Gasteiger charge is -2.35. The number of nitrogens with zero attached hydrogens (tertiary/aromatic N) is 2. The Bertz CT molecular complexity index is 2850. The number of piperidine rings is 1. The van der Waals surface area contributed by atoms with E-state index in [0.717, 1.165) is 27.2 Å². The van der Waals surface area contributed by atoms with Gasteiger partial charge in [-0.3, -0.25) is 43.2 Å². The monoisotopic (exact) mass is 1030 g/mol. The van der Waals surface area contributed by atoms with Gasteiger partial charge in [-0.25, -0.2) is 4.98 Å². The van der Waals surface area contributed by atoms with Gasteiger partial charge < -0.3 is 57.8 Å². The van der Waals surface area contributed by atoms with Crippen molar-refractivity contribution in [1.82, 2.24) is 57.1 Å². The van der Waals surface area contributed by atoms with Crippen LogP contribution in [0.2, 0.25) is 0 Å². The van der Waals surface area contributed by atoms with Crippen molar-refractivity contribution in [3.8, 4) is 0 Å². The number of amides is 9. The maximum absolute atomic E-state index is 15.0. The average molecular weight is 1030 g/mol. The quantitative estimate of drug-likeness (QED) is 0.0813. The van der Waals surface area contributed by atoms with Gasteiger partial charge in [0, 0.05) is 74.8 Å². The van der Waals surface area contributed by atoms with Crippen LogP contribution < -0.4 is 43.0 Å². The minimum Gasteiger partial charge on any atom is -0.368 e. The van der Waals surface area contributed by atoms with Gasteiger partial charge in [-0.15, -0.1) is 0 Å². The number of nitrogens with one attached hydrogen (secondary N) is 9. The molecular weight excluding hydrogens is 961 g/mol. The van der Waals surface area contributed by atoms with E-state index < -0.39 is 102 Å². The highest BCUT2D eigenvalue weighted by Gasteiger charge is 2.37. The molecule has 0 unspecified atom stereocenters. The summed E-state index contributed by atoms with van der Waals surface area (Å²) in [6.45, 7) is 3.46. The van der Waals surface area contributed by atoms with Gasteiger partial charge in [0.2, 0.25) is 53.2 Å². The number of primary amides is 1. The number of aromatic amines is 2. The molecule has 5 aromatic rings. The van der Waals surface area contributed by atoms with Crippen LogP contribution in [0.25, 0.3) is 21.7 Å². The minimum atomic E-state index is -1.55. The lowest BCUT2D eigenvalue weighted by molar-refractivity contribution is -0.141. The van der Waals surface area contributed by atoms with Crippen LogP contribution >= 0.6 is 0 Å². The van der Waals surface area contributed by atoms with Crippen molar-refractivity contribution in [3.63, 3.8) is 0 Å². The summed E-state index contributed by atoms with van der Waals surface area (Å²) in [5.74, 6) is -6.67. The first-order valence-corrected chi connectivity index (χ1v) is 25.8. The van der Waals surface area contributed by atoms with Crippen molar-refractivity contribution < 1.29 is 43.2 Å². The largest absolute Gasteiger partial charge is 0.368 e. The Morgan fingerprint density at radius 1 is 0.787 bits per heavy atom. The molecule has 7 atom stereocenters. The smallest absolute Gasteiger partial charge is 0.245 e. The number of unbranched alkanes of at least 4 members (excludes halogenated alkanes) is 1. The number of nitrogens with two attached hydrogens (primary N) is 1. The highest BCUT2D eigenvalue weighted by atomic mass is 16.2. The number of hydrogen-bond acceptors (Lipinski definition) is 10. The molecule has 3 aromatic carbocycles. The van der Waals surface area contributed by atoms with Crippen LogP contribution in [0.1, 0.15) is 88.5 Å². The molecule has 11 N–H and O–H groups in total. The number of benzene rings is 3. The Labute approximate surface area is 434 Å². The normalized spacial score (nSPS) is 22.4. The molecular formula is C54H68N12O9. The molecule has 2 aromatic heterocycles. The fourth-order valence-electron chi connectivity index (χ4n) is 9.72. The van der Waals surface area contributed by atoms with Crippen LogP contribution in [0, 0.1) is 5.92 Å². The van der Waals surface area contributed by atoms with Gasteiger partial charge in [-0.1, -0.05) is 80.4 Å². The molecule has 2 saturated heterocycles. The molecule has 0 radical (unpaired) electrons. The van der Waals surface area contributed by atoms with Crippen LogP contribution in [0.15, 0.2) is 85.5 Å². The summed E-state index contributed by atoms with van der Waals surface area (Å²) in [6.07, 6.45) is 7.04. The first-order valence-electron chi connectivity index (χ1n) is 25.8. The predicted molar refractivity (Wildman–Crippen MR) is 279 cm³/mol. The molecule has 2 fully saturated rings. The van der Waals surface area contributed by atoms with Crippen LogP contribution in [0.4, 0.5) is 0 Å². The minimum absolute atomic E-state index is 0.0164. The number of H-pyrrole nitrogens is 2. The molecule has 398 valence electrons. The summed E-state index contributed by atoms with van der Waals surface area (Å²) in [5, 5.41) is 22.0. The fourth-order valence-corrected chi connectivity index (χ4v) is 9.72. The van der Waals surface area contributed by atoms with E-state index in [4.69, 9.17) is 5.73 Å². The van der Waals surface area contributed by atoms with Crippen molar-refractivity contribution in [1.29, 1.82) is 0 Å². The van der Waals surface area contributed by atoms with Gasteiger partial charge in [0.05, 0.1) is 18.7 Å². The van der Waals surface area contributed by atoms with Gasteiger partial charge in [0.1, 0.15) is 36.3 Å². The Kier molecular flexibility index (Phi) is 19.1. The standard InChI is InChI=1S/C54H68N12O9/c1-3-4-16-42(60-32(2)67)50(71)64-45-27-47(68)57-21-10-9-18-41(48(55)69)61-51(72)43(25-37-28-58-40-17-8-7-15-39(37)40)62-49(70)36-14-11-22-66(30-36)54(75)46(24-33-19-20-34-12-5-6-13-35(34)23-33)65-52(73)44(63-53(45)74)26-38-29-56-31-59-38/h5-8,12-13,15,17,19-20,23,28-29,31,36,41-46,58H,3-4,9-11,14,16,18,21-22,24-27,30H2,1-2H3,(H2,55,69)(H,56,59)(H,57,68)(H,60,67)(H,61,72)(H,62,70)(H,63,74)(H,64,71)(H,65,73)/t36-,41+,42+,43+,44+,45+,46-/m1/s1. The second kappa shape index (κ2) is 26.2. The van der Waals surface area contributed by atoms with Crippen LogP contribution in [0.3, 0.4) is 0 Å². The Balaban J connectivity index is 1.23. The van der Waals surface area contributed by atoms with E-state index in [2.05, 4.69) is 52.2 Å². The van der Waals surface area contributed by atoms with Crippen molar-refractivity contribution >= 4 is 74.8 Å². The molecule has 2 aliphatic heterocycles. The van der Waals surface area contributed by atoms with E-state index >= 15 is 0 Å². The number of hydrogen-bond donors (Lipinski definition) is 10. The van der Waals surface area contributed by atoms with E-state index in [1.165, 1.54) is 24.3 Å². The van der Waals surface area contributed by atoms with Crippen molar-refractivity contribution in [2.24, 2.45) is 11.7 Å². The SMILES string of the molecule is CCCC[C@H](NC(C)=O)C(=O)N[C@H]1CC(=O)NCCCC[C@@H](C(N)=O)NC(=O)[C@H](Cc2c[nH]c3ccccc23)NC(=O)[C@@H]2CCCN(C2)C(=O)[C@@H](Cc2ccc3ccccc3c2)NC(=O)[C@H](Cc2cnc[nH]2)NC1=O. The van der Waals surface area contributed by atoms with Crippen LogP contribution in [-0.4, -0.2) is 129 Å². The Hall–Kier alpha value is -8.10. The number of imidazole rings is 1. The summed E-state index contributed by atoms with van der Waals surface area (Å²) in [6, 6.07) is 13.4. The third-order valence-corrected chi connectivity index (χ3v) is 13.8. The number of para-hydroxylation sites is 1. The zero-order valence-corrected chi connectivity index (χ0v) is 42.4. The number of aromatic nitrogens is 3. The second-order valence-corrected chi connectivity index (χ2v) is 19.5. The third-order valence-electron chi connectivity index (χ3n) is 13.8. The molecule has 0 spiro atoms. The molecule has 7 rings (SSSR count). The summed E-state index contributed by atoms with van der Waals surface area (Å²) in [7, 11) is 0. The van der Waals surface area contributed by atoms with E-state index in [1.54, 1.807) is 6.20 Å². The fraction of sp³-hybridized carbons (Fsp3) is 0.444. The summed E-state index contributed by atoms with van der Waals surface area (Å²) in [5.41, 5.74) is 8.55. The highest BCUT2D eigenvalue weighted by molar-refractivity contribution is 5.98. The van der Waals surface area contributed by atoms with Gasteiger partial charge in [0.25, 0.3) is 0 Å². The van der Waals surface area contributed by atoms with Crippen molar-refractivity contribution in [3.05, 3.63) is 102 Å². The molecule has 9 amide bonds. The third kappa shape index (κ3) is 15.2. The highest BCUT2D eigenvalue weighted by Crippen LogP contribution is 2.23. The van der Waals surface area contributed by atoms with Crippen LogP contribution in [-0.2, 0) is 62.4 Å². The zero-order chi connectivity index (χ0) is 53.4. The maximum atomic E-state index is 15.0. The first-order chi connectivity index (χ1) is 36.1. The molecule has 0 aliphatic carbocycles. The maximum Gasteiger partial charge on any atom is 0.245 e. The van der Waals surface area contributed by atoms with Gasteiger partial charge >= 0.3 is 0 Å². The topological polar surface area (TPSA) is 312 Å². The van der Waals surface area contributed by atoms with Crippen LogP contribution in [0.5, 0.6) is 0 Å². The van der Waals surface area contributed by atoms with Crippen molar-refractivity contribution in [2.45, 2.75) is 127 Å². The number of carbonyl (C=O) groups excluding carboxylic acids is 9. The Morgan fingerprint density at radius 2 is 1.52 bits per heavy atom. The molecule has 21 heteroatoms. The summed E-state index contributed by atoms with van der Waals surface area (Å²) >= 11 is 0. The van der Waals surface area contributed by atoms with Gasteiger partial charge in [0.15, 0.2) is 0 Å². The lowest BCUT2D eigenvalue weighted by Crippen LogP contribution is -2.60. The van der Waals surface area contributed by atoms with E-state index in [9.17, 15) is 43.2 Å². The molecule has 4 heterocycles. The number of carbonyl (C=O) groups is 9. The molecule has 2 bridgehead atoms. The zero-order valence-electron chi connectivity index (χ0n) is 42.4. The molecule has 21 nitrogen and oxygen atoms in total. The van der Waals surface area contributed by atoms with Crippen molar-refractivity contribution in [2.75, 3.05) is 19.6 Å². The van der Waals surface area contributed by atoms with E-state index in [-0.39, 0.29) is 51.7 Å². The number of rotatable bonds is 13. The summed E-state index contributed by atoms with van der Waals surface area (Å²) in [4.78, 5) is 137. The second-order valence-electron chi connectivity index (χ2n) is 19.5. The molecule has 75 heavy (non-hydrogen) atoms. The molecule has 0 saturated carbocycles. The molecule has 2 aliphatic rings. The van der Waals surface area contributed by atoms with Gasteiger partial charge in [-0.2, -0.15) is 0 Å². The summed E-state index contributed by atoms with van der Waals surface area (Å²) < 4.78 is 0. The first kappa shape index (κ1) is 54.7. The van der Waals surface area contributed by atoms with E-state index in [0.29, 0.717) is 49.8 Å².